The summed E-state index contributed by atoms with van der Waals surface area (Å²) in [5.41, 5.74) is 2.97. The minimum Gasteiger partial charge on any atom is -0.312 e. The number of hydrogen-bond donors (Lipinski definition) is 1. The summed E-state index contributed by atoms with van der Waals surface area (Å²) >= 11 is 0. The van der Waals surface area contributed by atoms with E-state index in [1.165, 1.54) is 24.8 Å². The Morgan fingerprint density at radius 1 is 1.24 bits per heavy atom. The lowest BCUT2D eigenvalue weighted by molar-refractivity contribution is 0.222. The Hall–Kier alpha value is -0.890. The van der Waals surface area contributed by atoms with Gasteiger partial charge in [0.2, 0.25) is 0 Å². The molecule has 1 N–H and O–H groups in total. The molecule has 2 heteroatoms. The maximum atomic E-state index is 13.3. The molecule has 1 nitrogen and oxygen atoms in total. The van der Waals surface area contributed by atoms with Crippen LogP contribution in [0.2, 0.25) is 0 Å². The fourth-order valence-electron chi connectivity index (χ4n) is 4.07. The Kier molecular flexibility index (Phi) is 3.64. The Balaban J connectivity index is 1.76. The molecule has 1 aromatic rings. The molecular weight excluding hydrogens is 261 g/mol. The molecule has 2 atom stereocenters. The molecule has 0 aromatic heterocycles. The van der Waals surface area contributed by atoms with E-state index < -0.39 is 0 Å². The van der Waals surface area contributed by atoms with Crippen LogP contribution in [-0.2, 0) is 6.42 Å². The van der Waals surface area contributed by atoms with Gasteiger partial charge in [0.15, 0.2) is 0 Å². The van der Waals surface area contributed by atoms with Gasteiger partial charge >= 0.3 is 0 Å². The first-order chi connectivity index (χ1) is 9.76. The van der Waals surface area contributed by atoms with Crippen LogP contribution in [0.25, 0.3) is 0 Å². The van der Waals surface area contributed by atoms with Gasteiger partial charge in [0, 0.05) is 12.1 Å². The third kappa shape index (κ3) is 3.48. The summed E-state index contributed by atoms with van der Waals surface area (Å²) in [6, 6.07) is 5.28. The monoisotopic (exact) mass is 289 g/mol. The second-order valence-corrected chi connectivity index (χ2v) is 8.52. The molecule has 2 fully saturated rings. The minimum absolute atomic E-state index is 0.118. The van der Waals surface area contributed by atoms with Crippen LogP contribution in [0.15, 0.2) is 18.2 Å². The molecule has 2 unspecified atom stereocenters. The lowest BCUT2D eigenvalue weighted by Crippen LogP contribution is -2.44. The maximum absolute atomic E-state index is 13.3. The van der Waals surface area contributed by atoms with Gasteiger partial charge in [-0.25, -0.2) is 4.39 Å². The van der Waals surface area contributed by atoms with Crippen LogP contribution in [0.1, 0.15) is 51.2 Å². The number of halogens is 1. The van der Waals surface area contributed by atoms with Gasteiger partial charge in [-0.3, -0.25) is 0 Å². The van der Waals surface area contributed by atoms with Crippen molar-refractivity contribution in [2.75, 3.05) is 6.54 Å². The van der Waals surface area contributed by atoms with Gasteiger partial charge in [0.1, 0.15) is 5.82 Å². The highest BCUT2D eigenvalue weighted by Crippen LogP contribution is 2.60. The molecule has 1 aromatic carbocycles. The summed E-state index contributed by atoms with van der Waals surface area (Å²) in [5, 5.41) is 3.72. The molecule has 116 valence electrons. The quantitative estimate of drug-likeness (QED) is 0.861. The first-order valence-corrected chi connectivity index (χ1v) is 8.26. The van der Waals surface area contributed by atoms with Crippen molar-refractivity contribution in [1.29, 1.82) is 0 Å². The van der Waals surface area contributed by atoms with Crippen molar-refractivity contribution >= 4 is 0 Å². The zero-order chi connectivity index (χ0) is 15.3. The molecule has 3 rings (SSSR count). The summed E-state index contributed by atoms with van der Waals surface area (Å²) in [7, 11) is 0. The lowest BCUT2D eigenvalue weighted by Gasteiger charge is -2.35. The molecule has 0 aliphatic heterocycles. The highest BCUT2D eigenvalue weighted by atomic mass is 19.1. The number of benzene rings is 1. The van der Waals surface area contributed by atoms with Crippen LogP contribution in [0.3, 0.4) is 0 Å². The Bertz CT molecular complexity index is 519. The van der Waals surface area contributed by atoms with E-state index in [1.807, 2.05) is 13.0 Å². The Morgan fingerprint density at radius 3 is 2.48 bits per heavy atom. The third-order valence-corrected chi connectivity index (χ3v) is 5.32. The molecule has 0 heterocycles. The van der Waals surface area contributed by atoms with E-state index in [4.69, 9.17) is 0 Å². The van der Waals surface area contributed by atoms with Gasteiger partial charge in [-0.1, -0.05) is 6.07 Å². The summed E-state index contributed by atoms with van der Waals surface area (Å²) in [6.07, 6.45) is 5.23. The molecular formula is C19H28FN. The van der Waals surface area contributed by atoms with E-state index in [-0.39, 0.29) is 11.4 Å². The zero-order valence-corrected chi connectivity index (χ0v) is 13.8. The second-order valence-electron chi connectivity index (χ2n) is 8.52. The SMILES string of the molecule is Cc1cc(F)ccc1CC1(CNC(C)(C)C)CC2CC2C1. The summed E-state index contributed by atoms with van der Waals surface area (Å²) in [5.74, 6) is 1.81. The third-order valence-electron chi connectivity index (χ3n) is 5.32. The average molecular weight is 289 g/mol. The lowest BCUT2D eigenvalue weighted by atomic mass is 9.76. The molecule has 0 bridgehead atoms. The standard InChI is InChI=1S/C19H28FN/c1-13-7-17(20)6-5-14(13)9-19(12-21-18(2,3)4)10-15-8-16(15)11-19/h5-7,15-16,21H,8-12H2,1-4H3. The fourth-order valence-corrected chi connectivity index (χ4v) is 4.07. The Morgan fingerprint density at radius 2 is 1.90 bits per heavy atom. The molecule has 2 saturated carbocycles. The van der Waals surface area contributed by atoms with Crippen LogP contribution in [0, 0.1) is 30.0 Å². The largest absolute Gasteiger partial charge is 0.312 e. The van der Waals surface area contributed by atoms with Crippen LogP contribution in [0.5, 0.6) is 0 Å². The van der Waals surface area contributed by atoms with E-state index in [1.54, 1.807) is 12.1 Å². The number of rotatable bonds is 4. The van der Waals surface area contributed by atoms with E-state index in [2.05, 4.69) is 26.1 Å². The average Bonchev–Trinajstić information content (AvgIpc) is 2.98. The summed E-state index contributed by atoms with van der Waals surface area (Å²) in [4.78, 5) is 0. The van der Waals surface area contributed by atoms with Gasteiger partial charge < -0.3 is 5.32 Å². The van der Waals surface area contributed by atoms with Crippen LogP contribution < -0.4 is 5.32 Å². The topological polar surface area (TPSA) is 12.0 Å². The van der Waals surface area contributed by atoms with Crippen molar-refractivity contribution in [2.45, 2.75) is 58.9 Å². The predicted octanol–water partition coefficient (Wildman–Crippen LogP) is 4.48. The highest BCUT2D eigenvalue weighted by molar-refractivity contribution is 5.28. The van der Waals surface area contributed by atoms with Crippen molar-refractivity contribution in [1.82, 2.24) is 5.32 Å². The molecule has 0 amide bonds. The van der Waals surface area contributed by atoms with Crippen molar-refractivity contribution in [3.05, 3.63) is 35.1 Å². The van der Waals surface area contributed by atoms with Crippen molar-refractivity contribution in [3.63, 3.8) is 0 Å². The van der Waals surface area contributed by atoms with Crippen LogP contribution in [0.4, 0.5) is 4.39 Å². The van der Waals surface area contributed by atoms with Gasteiger partial charge in [0.05, 0.1) is 0 Å². The van der Waals surface area contributed by atoms with Gasteiger partial charge in [0.25, 0.3) is 0 Å². The van der Waals surface area contributed by atoms with E-state index >= 15 is 0 Å². The summed E-state index contributed by atoms with van der Waals surface area (Å²) < 4.78 is 13.3. The summed E-state index contributed by atoms with van der Waals surface area (Å²) in [6.45, 7) is 9.83. The minimum atomic E-state index is -0.118. The molecule has 21 heavy (non-hydrogen) atoms. The van der Waals surface area contributed by atoms with E-state index in [9.17, 15) is 4.39 Å². The van der Waals surface area contributed by atoms with Crippen molar-refractivity contribution < 1.29 is 4.39 Å². The fraction of sp³-hybridized carbons (Fsp3) is 0.684. The molecule has 0 saturated heterocycles. The van der Waals surface area contributed by atoms with Crippen molar-refractivity contribution in [3.8, 4) is 0 Å². The normalized spacial score (nSPS) is 31.3. The van der Waals surface area contributed by atoms with Crippen molar-refractivity contribution in [2.24, 2.45) is 17.3 Å². The van der Waals surface area contributed by atoms with Gasteiger partial charge in [-0.05, 0) is 93.9 Å². The maximum Gasteiger partial charge on any atom is 0.123 e. The smallest absolute Gasteiger partial charge is 0.123 e. The first kappa shape index (κ1) is 15.0. The van der Waals surface area contributed by atoms with E-state index in [0.29, 0.717) is 5.41 Å². The van der Waals surface area contributed by atoms with Crippen LogP contribution >= 0.6 is 0 Å². The van der Waals surface area contributed by atoms with Crippen LogP contribution in [-0.4, -0.2) is 12.1 Å². The molecule has 0 spiro atoms. The molecule has 0 radical (unpaired) electrons. The Labute approximate surface area is 128 Å². The van der Waals surface area contributed by atoms with Gasteiger partial charge in [-0.2, -0.15) is 0 Å². The number of fused-ring (bicyclic) bond motifs is 1. The predicted molar refractivity (Wildman–Crippen MR) is 85.9 cm³/mol. The van der Waals surface area contributed by atoms with E-state index in [0.717, 1.165) is 30.4 Å². The molecule has 2 aliphatic rings. The molecule has 2 aliphatic carbocycles. The number of nitrogens with one attached hydrogen (secondary N) is 1. The second kappa shape index (κ2) is 5.08. The van der Waals surface area contributed by atoms with Gasteiger partial charge in [-0.15, -0.1) is 0 Å². The zero-order valence-electron chi connectivity index (χ0n) is 13.8. The number of hydrogen-bond acceptors (Lipinski definition) is 1. The first-order valence-electron chi connectivity index (χ1n) is 8.26. The number of aryl methyl sites for hydroxylation is 1. The highest BCUT2D eigenvalue weighted by Gasteiger charge is 2.53.